The van der Waals surface area contributed by atoms with E-state index in [-0.39, 0.29) is 6.54 Å². The summed E-state index contributed by atoms with van der Waals surface area (Å²) in [5.41, 5.74) is 0.907. The second kappa shape index (κ2) is 5.73. The van der Waals surface area contributed by atoms with Crippen molar-refractivity contribution in [3.8, 4) is 0 Å². The molecule has 0 heterocycles. The van der Waals surface area contributed by atoms with Crippen LogP contribution >= 0.6 is 31.9 Å². The monoisotopic (exact) mass is 404 g/mol. The van der Waals surface area contributed by atoms with Crippen molar-refractivity contribution >= 4 is 49.5 Å². The number of aliphatic carboxylic acids is 1. The smallest absolute Gasteiger partial charge is 0.319 e. The molecule has 0 aliphatic heterocycles. The van der Waals surface area contributed by atoms with Crippen molar-refractivity contribution in [3.05, 3.63) is 26.6 Å². The molecule has 1 aromatic rings. The first-order valence-corrected chi connectivity index (χ1v) is 7.66. The van der Waals surface area contributed by atoms with Crippen LogP contribution in [0.15, 0.2) is 21.1 Å². The number of carbonyl (C=O) groups is 2. The van der Waals surface area contributed by atoms with E-state index >= 15 is 0 Å². The van der Waals surface area contributed by atoms with Crippen LogP contribution in [-0.2, 0) is 4.79 Å². The SMILES string of the molecule is Cc1cc(Br)c(NC(=O)NCC2(C(=O)O)CC2)c(Br)c1. The Hall–Kier alpha value is -1.08. The summed E-state index contributed by atoms with van der Waals surface area (Å²) >= 11 is 6.77. The largest absolute Gasteiger partial charge is 0.481 e. The lowest BCUT2D eigenvalue weighted by molar-refractivity contribution is -0.143. The van der Waals surface area contributed by atoms with Gasteiger partial charge in [-0.2, -0.15) is 0 Å². The summed E-state index contributed by atoms with van der Waals surface area (Å²) in [4.78, 5) is 22.9. The van der Waals surface area contributed by atoms with Crippen molar-refractivity contribution in [2.24, 2.45) is 5.41 Å². The Balaban J connectivity index is 1.97. The van der Waals surface area contributed by atoms with Gasteiger partial charge >= 0.3 is 12.0 Å². The second-order valence-electron chi connectivity index (χ2n) is 5.00. The van der Waals surface area contributed by atoms with Gasteiger partial charge in [-0.3, -0.25) is 4.79 Å². The summed E-state index contributed by atoms with van der Waals surface area (Å²) in [6.07, 6.45) is 1.22. The molecule has 0 aromatic heterocycles. The number of aryl methyl sites for hydroxylation is 1. The number of benzene rings is 1. The van der Waals surface area contributed by atoms with E-state index < -0.39 is 17.4 Å². The maximum Gasteiger partial charge on any atom is 0.319 e. The third-order valence-electron chi connectivity index (χ3n) is 3.32. The highest BCUT2D eigenvalue weighted by Gasteiger charge is 2.50. The first-order chi connectivity index (χ1) is 9.34. The van der Waals surface area contributed by atoms with Gasteiger partial charge in [-0.1, -0.05) is 0 Å². The molecule has 3 N–H and O–H groups in total. The van der Waals surface area contributed by atoms with Gasteiger partial charge < -0.3 is 15.7 Å². The van der Waals surface area contributed by atoms with E-state index in [2.05, 4.69) is 42.5 Å². The predicted octanol–water partition coefficient (Wildman–Crippen LogP) is 3.51. The Kier molecular flexibility index (Phi) is 4.39. The normalized spacial score (nSPS) is 15.6. The molecular weight excluding hydrogens is 392 g/mol. The molecule has 20 heavy (non-hydrogen) atoms. The molecule has 1 saturated carbocycles. The van der Waals surface area contributed by atoms with Gasteiger partial charge in [0.15, 0.2) is 0 Å². The fourth-order valence-electron chi connectivity index (χ4n) is 1.84. The van der Waals surface area contributed by atoms with Gasteiger partial charge in [0.05, 0.1) is 11.1 Å². The Morgan fingerprint density at radius 1 is 1.30 bits per heavy atom. The number of nitrogens with one attached hydrogen (secondary N) is 2. The number of hydrogen-bond donors (Lipinski definition) is 3. The number of urea groups is 1. The molecule has 0 spiro atoms. The van der Waals surface area contributed by atoms with Crippen molar-refractivity contribution in [1.82, 2.24) is 5.32 Å². The minimum atomic E-state index is -0.851. The van der Waals surface area contributed by atoms with Crippen LogP contribution in [0.5, 0.6) is 0 Å². The molecule has 1 aliphatic carbocycles. The van der Waals surface area contributed by atoms with Crippen LogP contribution in [-0.4, -0.2) is 23.7 Å². The van der Waals surface area contributed by atoms with Crippen LogP contribution in [0.25, 0.3) is 0 Å². The fourth-order valence-corrected chi connectivity index (χ4v) is 3.46. The molecule has 0 saturated heterocycles. The van der Waals surface area contributed by atoms with Crippen LogP contribution in [0.1, 0.15) is 18.4 Å². The summed E-state index contributed by atoms with van der Waals surface area (Å²) in [5, 5.41) is 14.4. The van der Waals surface area contributed by atoms with Crippen LogP contribution in [0.4, 0.5) is 10.5 Å². The van der Waals surface area contributed by atoms with E-state index in [9.17, 15) is 9.59 Å². The first-order valence-electron chi connectivity index (χ1n) is 6.08. The average Bonchev–Trinajstić information content (AvgIpc) is 3.12. The number of anilines is 1. The molecule has 1 aromatic carbocycles. The summed E-state index contributed by atoms with van der Waals surface area (Å²) in [6, 6.07) is 3.36. The maximum absolute atomic E-state index is 11.8. The predicted molar refractivity (Wildman–Crippen MR) is 82.9 cm³/mol. The molecule has 108 valence electrons. The molecule has 0 radical (unpaired) electrons. The number of rotatable bonds is 4. The number of carbonyl (C=O) groups excluding carboxylic acids is 1. The minimum Gasteiger partial charge on any atom is -0.481 e. The molecule has 0 unspecified atom stereocenters. The Morgan fingerprint density at radius 3 is 2.30 bits per heavy atom. The van der Waals surface area contributed by atoms with Crippen LogP contribution in [0.3, 0.4) is 0 Å². The molecule has 1 fully saturated rings. The molecular formula is C13H14Br2N2O3. The van der Waals surface area contributed by atoms with Gasteiger partial charge in [-0.25, -0.2) is 4.79 Å². The van der Waals surface area contributed by atoms with Crippen molar-refractivity contribution in [3.63, 3.8) is 0 Å². The third-order valence-corrected chi connectivity index (χ3v) is 4.57. The van der Waals surface area contributed by atoms with Crippen molar-refractivity contribution < 1.29 is 14.7 Å². The van der Waals surface area contributed by atoms with Crippen molar-refractivity contribution in [2.75, 3.05) is 11.9 Å². The molecule has 0 atom stereocenters. The molecule has 5 nitrogen and oxygen atoms in total. The number of carboxylic acid groups (broad SMARTS) is 1. The Morgan fingerprint density at radius 2 is 1.85 bits per heavy atom. The molecule has 2 amide bonds. The number of carboxylic acids is 1. The van der Waals surface area contributed by atoms with Gasteiger partial charge in [0.2, 0.25) is 0 Å². The highest BCUT2D eigenvalue weighted by molar-refractivity contribution is 9.11. The number of hydrogen-bond acceptors (Lipinski definition) is 2. The van der Waals surface area contributed by atoms with Crippen LogP contribution < -0.4 is 10.6 Å². The zero-order chi connectivity index (χ0) is 14.9. The van der Waals surface area contributed by atoms with E-state index in [4.69, 9.17) is 5.11 Å². The van der Waals surface area contributed by atoms with Gasteiger partial charge in [0.1, 0.15) is 0 Å². The zero-order valence-corrected chi connectivity index (χ0v) is 14.0. The second-order valence-corrected chi connectivity index (χ2v) is 6.71. The van der Waals surface area contributed by atoms with Gasteiger partial charge in [0, 0.05) is 15.5 Å². The average molecular weight is 406 g/mol. The zero-order valence-electron chi connectivity index (χ0n) is 10.8. The van der Waals surface area contributed by atoms with E-state index in [0.29, 0.717) is 18.5 Å². The lowest BCUT2D eigenvalue weighted by Crippen LogP contribution is -2.36. The summed E-state index contributed by atoms with van der Waals surface area (Å²) in [5.74, 6) is -0.851. The highest BCUT2D eigenvalue weighted by Crippen LogP contribution is 2.45. The molecule has 0 bridgehead atoms. The highest BCUT2D eigenvalue weighted by atomic mass is 79.9. The molecule has 1 aliphatic rings. The quantitative estimate of drug-likeness (QED) is 0.717. The lowest BCUT2D eigenvalue weighted by atomic mass is 10.1. The Bertz CT molecular complexity index is 548. The summed E-state index contributed by atoms with van der Waals surface area (Å²) in [7, 11) is 0. The lowest BCUT2D eigenvalue weighted by Gasteiger charge is -2.14. The van der Waals surface area contributed by atoms with Gasteiger partial charge in [-0.15, -0.1) is 0 Å². The molecule has 2 rings (SSSR count). The van der Waals surface area contributed by atoms with E-state index in [1.807, 2.05) is 19.1 Å². The van der Waals surface area contributed by atoms with Gasteiger partial charge in [-0.05, 0) is 69.3 Å². The van der Waals surface area contributed by atoms with E-state index in [0.717, 1.165) is 14.5 Å². The van der Waals surface area contributed by atoms with Crippen molar-refractivity contribution in [1.29, 1.82) is 0 Å². The van der Waals surface area contributed by atoms with Crippen LogP contribution in [0, 0.1) is 12.3 Å². The van der Waals surface area contributed by atoms with Crippen molar-refractivity contribution in [2.45, 2.75) is 19.8 Å². The first kappa shape index (κ1) is 15.3. The fraction of sp³-hybridized carbons (Fsp3) is 0.385. The number of halogens is 2. The Labute approximate surface area is 133 Å². The third kappa shape index (κ3) is 3.32. The van der Waals surface area contributed by atoms with Gasteiger partial charge in [0.25, 0.3) is 0 Å². The van der Waals surface area contributed by atoms with E-state index in [1.54, 1.807) is 0 Å². The molecule has 7 heteroatoms. The standard InChI is InChI=1S/C13H14Br2N2O3/c1-7-4-8(14)10(9(15)5-7)17-12(20)16-6-13(2-3-13)11(18)19/h4-5H,2-3,6H2,1H3,(H,18,19)(H2,16,17,20). The van der Waals surface area contributed by atoms with E-state index in [1.165, 1.54) is 0 Å². The summed E-state index contributed by atoms with van der Waals surface area (Å²) < 4.78 is 1.53. The summed E-state index contributed by atoms with van der Waals surface area (Å²) in [6.45, 7) is 2.10. The maximum atomic E-state index is 11.8. The number of amides is 2. The van der Waals surface area contributed by atoms with Crippen LogP contribution in [0.2, 0.25) is 0 Å². The topological polar surface area (TPSA) is 78.4 Å². The minimum absolute atomic E-state index is 0.148.